The van der Waals surface area contributed by atoms with E-state index in [0.29, 0.717) is 10.9 Å². The van der Waals surface area contributed by atoms with Crippen LogP contribution in [0.15, 0.2) is 52.7 Å². The molecule has 2 aromatic carbocycles. The average Bonchev–Trinajstić information content (AvgIpc) is 3.05. The summed E-state index contributed by atoms with van der Waals surface area (Å²) in [6.45, 7) is 4.07. The molecule has 0 fully saturated rings. The topological polar surface area (TPSA) is 42.0 Å². The van der Waals surface area contributed by atoms with Gasteiger partial charge < -0.3 is 5.32 Å². The third kappa shape index (κ3) is 4.67. The molecule has 1 heterocycles. The highest BCUT2D eigenvalue weighted by Gasteiger charge is 2.10. The summed E-state index contributed by atoms with van der Waals surface area (Å²) in [5.41, 5.74) is 3.89. The number of carbonyl (C=O) groups is 1. The van der Waals surface area contributed by atoms with E-state index in [-0.39, 0.29) is 11.7 Å². The number of carbonyl (C=O) groups excluding carboxylic acids is 1. The molecule has 0 unspecified atom stereocenters. The van der Waals surface area contributed by atoms with Crippen LogP contribution in [0.5, 0.6) is 0 Å². The predicted molar refractivity (Wildman–Crippen MR) is 103 cm³/mol. The molecule has 0 aliphatic carbocycles. The van der Waals surface area contributed by atoms with Gasteiger partial charge in [-0.1, -0.05) is 17.7 Å². The Morgan fingerprint density at radius 2 is 1.96 bits per heavy atom. The molecule has 0 bridgehead atoms. The third-order valence-electron chi connectivity index (χ3n) is 3.59. The molecule has 1 aromatic heterocycles. The van der Waals surface area contributed by atoms with Crippen molar-refractivity contribution in [2.75, 3.05) is 11.1 Å². The molecule has 0 spiro atoms. The minimum absolute atomic E-state index is 0.0917. The highest BCUT2D eigenvalue weighted by Crippen LogP contribution is 2.26. The van der Waals surface area contributed by atoms with Crippen molar-refractivity contribution >= 4 is 34.1 Å². The summed E-state index contributed by atoms with van der Waals surface area (Å²) in [6.07, 6.45) is 0. The SMILES string of the molecule is Cc1ccc(C)c(SCC(=O)Nc2nc(-c3ccc(F)cc3)cs2)c1. The molecule has 0 aliphatic rings. The van der Waals surface area contributed by atoms with E-state index in [9.17, 15) is 9.18 Å². The van der Waals surface area contributed by atoms with Gasteiger partial charge in [-0.05, 0) is 49.7 Å². The van der Waals surface area contributed by atoms with Gasteiger partial charge in [0.25, 0.3) is 0 Å². The van der Waals surface area contributed by atoms with Crippen molar-refractivity contribution in [1.29, 1.82) is 0 Å². The minimum atomic E-state index is -0.282. The van der Waals surface area contributed by atoms with E-state index in [4.69, 9.17) is 0 Å². The van der Waals surface area contributed by atoms with E-state index in [1.54, 1.807) is 12.1 Å². The Hall–Kier alpha value is -2.18. The number of aromatic nitrogens is 1. The zero-order chi connectivity index (χ0) is 17.8. The van der Waals surface area contributed by atoms with Crippen molar-refractivity contribution < 1.29 is 9.18 Å². The Bertz CT molecular complexity index is 891. The number of amides is 1. The molecule has 3 rings (SSSR count). The van der Waals surface area contributed by atoms with Gasteiger partial charge in [0, 0.05) is 15.8 Å². The first-order valence-corrected chi connectivity index (χ1v) is 9.59. The van der Waals surface area contributed by atoms with E-state index in [2.05, 4.69) is 28.5 Å². The molecular weight excluding hydrogens is 355 g/mol. The number of hydrogen-bond acceptors (Lipinski definition) is 4. The largest absolute Gasteiger partial charge is 0.301 e. The first-order chi connectivity index (χ1) is 12.0. The van der Waals surface area contributed by atoms with E-state index in [1.165, 1.54) is 40.8 Å². The zero-order valence-electron chi connectivity index (χ0n) is 13.9. The van der Waals surface area contributed by atoms with E-state index < -0.39 is 0 Å². The molecule has 3 nitrogen and oxygen atoms in total. The van der Waals surface area contributed by atoms with Crippen molar-refractivity contribution in [3.63, 3.8) is 0 Å². The van der Waals surface area contributed by atoms with Crippen molar-refractivity contribution in [2.45, 2.75) is 18.7 Å². The fourth-order valence-electron chi connectivity index (χ4n) is 2.25. The van der Waals surface area contributed by atoms with Crippen LogP contribution in [0.2, 0.25) is 0 Å². The molecule has 6 heteroatoms. The van der Waals surface area contributed by atoms with Crippen molar-refractivity contribution in [1.82, 2.24) is 4.98 Å². The first-order valence-electron chi connectivity index (χ1n) is 7.72. The number of anilines is 1. The smallest absolute Gasteiger partial charge is 0.236 e. The Kier molecular flexibility index (Phi) is 5.50. The van der Waals surface area contributed by atoms with Gasteiger partial charge in [-0.25, -0.2) is 9.37 Å². The fourth-order valence-corrected chi connectivity index (χ4v) is 3.91. The Morgan fingerprint density at radius 1 is 1.20 bits per heavy atom. The monoisotopic (exact) mass is 372 g/mol. The predicted octanol–water partition coefficient (Wildman–Crippen LogP) is 5.30. The van der Waals surface area contributed by atoms with Crippen LogP contribution in [0.4, 0.5) is 9.52 Å². The molecule has 0 atom stereocenters. The lowest BCUT2D eigenvalue weighted by Gasteiger charge is -2.06. The maximum absolute atomic E-state index is 13.0. The molecule has 25 heavy (non-hydrogen) atoms. The quantitative estimate of drug-likeness (QED) is 0.618. The van der Waals surface area contributed by atoms with Crippen molar-refractivity contribution in [3.05, 3.63) is 64.8 Å². The van der Waals surface area contributed by atoms with Crippen LogP contribution >= 0.6 is 23.1 Å². The number of thiazole rings is 1. The standard InChI is InChI=1S/C19H17FN2OS2/c1-12-3-4-13(2)17(9-12)24-11-18(23)22-19-21-16(10-25-19)14-5-7-15(20)8-6-14/h3-10H,11H2,1-2H3,(H,21,22,23). The Morgan fingerprint density at radius 3 is 2.72 bits per heavy atom. The number of hydrogen-bond donors (Lipinski definition) is 1. The van der Waals surface area contributed by atoms with Crippen molar-refractivity contribution in [2.24, 2.45) is 0 Å². The van der Waals surface area contributed by atoms with E-state index in [0.717, 1.165) is 21.7 Å². The second-order valence-corrected chi connectivity index (χ2v) is 7.53. The number of rotatable bonds is 5. The van der Waals surface area contributed by atoms with Gasteiger partial charge in [-0.2, -0.15) is 0 Å². The summed E-state index contributed by atoms with van der Waals surface area (Å²) >= 11 is 2.87. The highest BCUT2D eigenvalue weighted by atomic mass is 32.2. The van der Waals surface area contributed by atoms with Gasteiger partial charge in [0.1, 0.15) is 5.82 Å². The van der Waals surface area contributed by atoms with Crippen LogP contribution in [0, 0.1) is 19.7 Å². The van der Waals surface area contributed by atoms with E-state index in [1.807, 2.05) is 19.2 Å². The number of nitrogens with one attached hydrogen (secondary N) is 1. The summed E-state index contributed by atoms with van der Waals surface area (Å²) < 4.78 is 13.0. The van der Waals surface area contributed by atoms with Gasteiger partial charge in [-0.3, -0.25) is 4.79 Å². The number of thioether (sulfide) groups is 1. The fraction of sp³-hybridized carbons (Fsp3) is 0.158. The van der Waals surface area contributed by atoms with E-state index >= 15 is 0 Å². The van der Waals surface area contributed by atoms with Gasteiger partial charge in [0.2, 0.25) is 5.91 Å². The summed E-state index contributed by atoms with van der Waals surface area (Å²) in [4.78, 5) is 17.7. The molecule has 0 aliphatic heterocycles. The third-order valence-corrected chi connectivity index (χ3v) is 5.51. The van der Waals surface area contributed by atoms with Gasteiger partial charge >= 0.3 is 0 Å². The lowest BCUT2D eigenvalue weighted by molar-refractivity contribution is -0.113. The van der Waals surface area contributed by atoms with Gasteiger partial charge in [0.15, 0.2) is 5.13 Å². The van der Waals surface area contributed by atoms with Crippen LogP contribution in [-0.4, -0.2) is 16.6 Å². The van der Waals surface area contributed by atoms with Crippen LogP contribution < -0.4 is 5.32 Å². The molecule has 1 N–H and O–H groups in total. The summed E-state index contributed by atoms with van der Waals surface area (Å²) in [5.74, 6) is -0.0441. The first kappa shape index (κ1) is 17.6. The number of aryl methyl sites for hydroxylation is 2. The molecule has 0 radical (unpaired) electrons. The lowest BCUT2D eigenvalue weighted by Crippen LogP contribution is -2.13. The van der Waals surface area contributed by atoms with Gasteiger partial charge in [-0.15, -0.1) is 23.1 Å². The van der Waals surface area contributed by atoms with Crippen LogP contribution in [0.3, 0.4) is 0 Å². The maximum atomic E-state index is 13.0. The molecule has 0 saturated heterocycles. The second kappa shape index (κ2) is 7.80. The normalized spacial score (nSPS) is 10.7. The molecule has 0 saturated carbocycles. The number of halogens is 1. The maximum Gasteiger partial charge on any atom is 0.236 e. The summed E-state index contributed by atoms with van der Waals surface area (Å²) in [5, 5.41) is 5.22. The second-order valence-electron chi connectivity index (χ2n) is 5.65. The van der Waals surface area contributed by atoms with Crippen LogP contribution in [0.1, 0.15) is 11.1 Å². The van der Waals surface area contributed by atoms with Gasteiger partial charge in [0.05, 0.1) is 11.4 Å². The van der Waals surface area contributed by atoms with Crippen molar-refractivity contribution in [3.8, 4) is 11.3 Å². The Labute approximate surface area is 154 Å². The minimum Gasteiger partial charge on any atom is -0.301 e. The van der Waals surface area contributed by atoms with Crippen LogP contribution in [-0.2, 0) is 4.79 Å². The lowest BCUT2D eigenvalue weighted by atomic mass is 10.2. The Balaban J connectivity index is 1.60. The summed E-state index contributed by atoms with van der Waals surface area (Å²) in [7, 11) is 0. The number of benzene rings is 2. The molecular formula is C19H17FN2OS2. The average molecular weight is 372 g/mol. The molecule has 1 amide bonds. The highest BCUT2D eigenvalue weighted by molar-refractivity contribution is 8.00. The van der Waals surface area contributed by atoms with Crippen LogP contribution in [0.25, 0.3) is 11.3 Å². The summed E-state index contributed by atoms with van der Waals surface area (Å²) in [6, 6.07) is 12.3. The molecule has 3 aromatic rings. The number of nitrogens with zero attached hydrogens (tertiary/aromatic N) is 1. The zero-order valence-corrected chi connectivity index (χ0v) is 15.5. The molecule has 128 valence electrons.